The van der Waals surface area contributed by atoms with E-state index in [0.717, 1.165) is 65.3 Å². The number of ether oxygens (including phenoxy) is 2. The average Bonchev–Trinajstić information content (AvgIpc) is 3.42. The van der Waals surface area contributed by atoms with Crippen molar-refractivity contribution < 1.29 is 9.47 Å². The molecular formula is C23H22ClN3O2. The zero-order valence-electron chi connectivity index (χ0n) is 16.0. The van der Waals surface area contributed by atoms with Crippen LogP contribution in [0.15, 0.2) is 59.3 Å². The molecule has 3 aliphatic rings. The van der Waals surface area contributed by atoms with Crippen LogP contribution >= 0.6 is 11.6 Å². The Kier molecular flexibility index (Phi) is 4.55. The van der Waals surface area contributed by atoms with Gasteiger partial charge in [-0.2, -0.15) is 0 Å². The third-order valence-corrected chi connectivity index (χ3v) is 6.26. The first-order valence-electron chi connectivity index (χ1n) is 9.89. The molecule has 5 rings (SSSR count). The molecule has 0 unspecified atom stereocenters. The first kappa shape index (κ1) is 18.3. The molecule has 2 N–H and O–H groups in total. The summed E-state index contributed by atoms with van der Waals surface area (Å²) in [6.07, 6.45) is 10.7. The lowest BCUT2D eigenvalue weighted by Crippen LogP contribution is -2.27. The summed E-state index contributed by atoms with van der Waals surface area (Å²) in [6.45, 7) is 0.260. The second-order valence-corrected chi connectivity index (χ2v) is 8.21. The van der Waals surface area contributed by atoms with E-state index in [1.807, 2.05) is 36.5 Å². The zero-order chi connectivity index (χ0) is 19.8. The maximum atomic E-state index is 8.65. The van der Waals surface area contributed by atoms with E-state index >= 15 is 0 Å². The van der Waals surface area contributed by atoms with Crippen LogP contribution in [0.3, 0.4) is 0 Å². The fourth-order valence-corrected chi connectivity index (χ4v) is 4.15. The molecular weight excluding hydrogens is 386 g/mol. The number of aromatic nitrogens is 1. The Bertz CT molecular complexity index is 1020. The van der Waals surface area contributed by atoms with Crippen LogP contribution in [0.25, 0.3) is 0 Å². The average molecular weight is 408 g/mol. The normalized spacial score (nSPS) is 18.7. The molecule has 29 heavy (non-hydrogen) atoms. The first-order chi connectivity index (χ1) is 14.1. The molecule has 6 heteroatoms. The van der Waals surface area contributed by atoms with Gasteiger partial charge >= 0.3 is 0 Å². The van der Waals surface area contributed by atoms with Crippen LogP contribution in [0.1, 0.15) is 36.8 Å². The van der Waals surface area contributed by atoms with Gasteiger partial charge in [-0.3, -0.25) is 5.41 Å². The lowest BCUT2D eigenvalue weighted by atomic mass is 9.94. The summed E-state index contributed by atoms with van der Waals surface area (Å²) in [6, 6.07) is 9.93. The highest BCUT2D eigenvalue weighted by atomic mass is 35.5. The van der Waals surface area contributed by atoms with Gasteiger partial charge in [0.05, 0.1) is 5.41 Å². The molecule has 1 fully saturated rings. The number of rotatable bonds is 5. The Labute approximate surface area is 174 Å². The number of nitrogens with one attached hydrogen (secondary N) is 2. The molecule has 2 aliphatic carbocycles. The Morgan fingerprint density at radius 2 is 2.03 bits per heavy atom. The fraction of sp³-hybridized carbons (Fsp3) is 0.304. The Morgan fingerprint density at radius 3 is 2.79 bits per heavy atom. The summed E-state index contributed by atoms with van der Waals surface area (Å²) in [5.41, 5.74) is 3.07. The lowest BCUT2D eigenvalue weighted by molar-refractivity contribution is 0.174. The minimum absolute atomic E-state index is 0.260. The quantitative estimate of drug-likeness (QED) is 0.520. The van der Waals surface area contributed by atoms with Crippen molar-refractivity contribution in [3.63, 3.8) is 0 Å². The summed E-state index contributed by atoms with van der Waals surface area (Å²) in [7, 11) is 0. The topological polar surface area (TPSA) is 67.2 Å². The number of halogens is 1. The molecule has 1 aromatic carbocycles. The van der Waals surface area contributed by atoms with E-state index in [4.69, 9.17) is 26.5 Å². The zero-order valence-corrected chi connectivity index (χ0v) is 16.8. The maximum absolute atomic E-state index is 8.65. The highest BCUT2D eigenvalue weighted by molar-refractivity contribution is 6.30. The van der Waals surface area contributed by atoms with E-state index in [-0.39, 0.29) is 12.2 Å². The molecule has 0 amide bonds. The standard InChI is InChI=1S/C23H22ClN3O2/c24-18-4-2-1-3-16(18)11-15-5-8-21(26-13-15)27-22(25)23(9-10-23)17-6-7-19-20(12-17)29-14-28-19/h1,3,5-8,12-13H,2,4,9-11,14H2,(H2,25,26,27). The second-order valence-electron chi connectivity index (χ2n) is 7.75. The number of anilines is 1. The van der Waals surface area contributed by atoms with E-state index in [1.54, 1.807) is 0 Å². The van der Waals surface area contributed by atoms with Crippen LogP contribution in [0.5, 0.6) is 11.5 Å². The summed E-state index contributed by atoms with van der Waals surface area (Å²) in [4.78, 5) is 4.52. The Balaban J connectivity index is 1.28. The number of fused-ring (bicyclic) bond motifs is 1. The third kappa shape index (κ3) is 3.51. The summed E-state index contributed by atoms with van der Waals surface area (Å²) in [5, 5.41) is 12.8. The molecule has 2 aromatic rings. The van der Waals surface area contributed by atoms with Crippen LogP contribution in [0.2, 0.25) is 0 Å². The number of pyridine rings is 1. The highest BCUT2D eigenvalue weighted by Gasteiger charge is 2.49. The van der Waals surface area contributed by atoms with Crippen molar-refractivity contribution in [1.29, 1.82) is 5.41 Å². The van der Waals surface area contributed by atoms with Gasteiger partial charge in [-0.15, -0.1) is 0 Å². The van der Waals surface area contributed by atoms with Crippen LogP contribution in [0, 0.1) is 5.41 Å². The molecule has 148 valence electrons. The smallest absolute Gasteiger partial charge is 0.231 e. The van der Waals surface area contributed by atoms with E-state index in [1.165, 1.54) is 0 Å². The van der Waals surface area contributed by atoms with E-state index < -0.39 is 0 Å². The van der Waals surface area contributed by atoms with Crippen molar-refractivity contribution in [2.24, 2.45) is 0 Å². The van der Waals surface area contributed by atoms with Gasteiger partial charge in [-0.1, -0.05) is 35.9 Å². The number of hydrogen-bond acceptors (Lipinski definition) is 4. The van der Waals surface area contributed by atoms with Gasteiger partial charge in [0.15, 0.2) is 11.5 Å². The number of amidine groups is 1. The van der Waals surface area contributed by atoms with Gasteiger partial charge in [0, 0.05) is 17.6 Å². The number of hydrogen-bond donors (Lipinski definition) is 2. The largest absolute Gasteiger partial charge is 0.454 e. The van der Waals surface area contributed by atoms with Crippen molar-refractivity contribution in [1.82, 2.24) is 4.98 Å². The van der Waals surface area contributed by atoms with Gasteiger partial charge in [0.2, 0.25) is 6.79 Å². The minimum atomic E-state index is -0.285. The molecule has 0 radical (unpaired) electrons. The van der Waals surface area contributed by atoms with Gasteiger partial charge in [0.25, 0.3) is 0 Å². The summed E-state index contributed by atoms with van der Waals surface area (Å²) in [5.74, 6) is 2.68. The maximum Gasteiger partial charge on any atom is 0.231 e. The predicted molar refractivity (Wildman–Crippen MR) is 114 cm³/mol. The number of nitrogens with zero attached hydrogens (tertiary/aromatic N) is 1. The molecule has 5 nitrogen and oxygen atoms in total. The third-order valence-electron chi connectivity index (χ3n) is 5.82. The summed E-state index contributed by atoms with van der Waals surface area (Å²) >= 11 is 6.33. The van der Waals surface area contributed by atoms with Crippen LogP contribution in [0.4, 0.5) is 5.82 Å². The Morgan fingerprint density at radius 1 is 1.17 bits per heavy atom. The molecule has 0 saturated heterocycles. The number of benzene rings is 1. The minimum Gasteiger partial charge on any atom is -0.454 e. The van der Waals surface area contributed by atoms with Crippen LogP contribution in [-0.2, 0) is 11.8 Å². The molecule has 1 aliphatic heterocycles. The monoisotopic (exact) mass is 407 g/mol. The van der Waals surface area contributed by atoms with E-state index in [9.17, 15) is 0 Å². The van der Waals surface area contributed by atoms with Crippen molar-refractivity contribution in [2.75, 3.05) is 12.1 Å². The molecule has 2 heterocycles. The molecule has 1 aromatic heterocycles. The van der Waals surface area contributed by atoms with Crippen LogP contribution in [-0.4, -0.2) is 17.6 Å². The highest BCUT2D eigenvalue weighted by Crippen LogP contribution is 2.51. The molecule has 0 atom stereocenters. The molecule has 0 spiro atoms. The van der Waals surface area contributed by atoms with Gasteiger partial charge in [0.1, 0.15) is 11.7 Å². The van der Waals surface area contributed by atoms with E-state index in [2.05, 4.69) is 22.5 Å². The lowest BCUT2D eigenvalue weighted by Gasteiger charge is -2.19. The van der Waals surface area contributed by atoms with Crippen LogP contribution < -0.4 is 14.8 Å². The fourth-order valence-electron chi connectivity index (χ4n) is 3.91. The second kappa shape index (κ2) is 7.23. The SMILES string of the molecule is N=C(Nc1ccc(CC2=C(Cl)CCC=C2)cn1)C1(c2ccc3c(c2)OCO3)CC1. The van der Waals surface area contributed by atoms with Gasteiger partial charge in [-0.25, -0.2) is 4.98 Å². The van der Waals surface area contributed by atoms with Crippen molar-refractivity contribution in [3.05, 3.63) is 70.4 Å². The summed E-state index contributed by atoms with van der Waals surface area (Å²) < 4.78 is 10.9. The van der Waals surface area contributed by atoms with Gasteiger partial charge in [-0.05, 0) is 60.6 Å². The first-order valence-corrected chi connectivity index (χ1v) is 10.3. The van der Waals surface area contributed by atoms with Crippen molar-refractivity contribution in [3.8, 4) is 11.5 Å². The molecule has 1 saturated carbocycles. The number of allylic oxidation sites excluding steroid dienone is 4. The predicted octanol–water partition coefficient (Wildman–Crippen LogP) is 5.32. The van der Waals surface area contributed by atoms with Crippen molar-refractivity contribution >= 4 is 23.3 Å². The van der Waals surface area contributed by atoms with Crippen molar-refractivity contribution in [2.45, 2.75) is 37.5 Å². The Hall–Kier alpha value is -2.79. The van der Waals surface area contributed by atoms with E-state index in [0.29, 0.717) is 11.7 Å². The van der Waals surface area contributed by atoms with Gasteiger partial charge < -0.3 is 14.8 Å². The molecule has 0 bridgehead atoms.